The van der Waals surface area contributed by atoms with E-state index in [0.29, 0.717) is 0 Å². The third-order valence-electron chi connectivity index (χ3n) is 1.50. The number of thiophene rings is 1. The average molecular weight is 206 g/mol. The highest BCUT2D eigenvalue weighted by atomic mass is 32.1. The Balaban J connectivity index is 3.19. The molecule has 0 radical (unpaired) electrons. The molecule has 1 atom stereocenters. The van der Waals surface area contributed by atoms with Crippen molar-refractivity contribution in [3.63, 3.8) is 0 Å². The minimum atomic E-state index is -4.84. The van der Waals surface area contributed by atoms with E-state index in [1.54, 1.807) is 0 Å². The van der Waals surface area contributed by atoms with Crippen LogP contribution in [-0.2, 0) is 5.60 Å². The number of rotatable bonds is 1. The quantitative estimate of drug-likeness (QED) is 0.698. The summed E-state index contributed by atoms with van der Waals surface area (Å²) in [6.45, 7) is 0. The predicted octanol–water partition coefficient (Wildman–Crippen LogP) is 2.13. The summed E-state index contributed by atoms with van der Waals surface area (Å²) in [5.41, 5.74) is -3.15. The lowest BCUT2D eigenvalue weighted by molar-refractivity contribution is -0.239. The molecule has 0 amide bonds. The van der Waals surface area contributed by atoms with Gasteiger partial charge < -0.3 is 5.11 Å². The molecule has 1 N–H and O–H groups in total. The van der Waals surface area contributed by atoms with E-state index in [2.05, 4.69) is 6.42 Å². The summed E-state index contributed by atoms with van der Waals surface area (Å²) in [6, 6.07) is 2.55. The molecule has 0 aliphatic heterocycles. The van der Waals surface area contributed by atoms with Crippen molar-refractivity contribution in [2.24, 2.45) is 0 Å². The van der Waals surface area contributed by atoms with Crippen molar-refractivity contribution >= 4 is 11.3 Å². The summed E-state index contributed by atoms with van der Waals surface area (Å²) >= 11 is 0.769. The number of alkyl halides is 3. The topological polar surface area (TPSA) is 20.2 Å². The fourth-order valence-corrected chi connectivity index (χ4v) is 1.58. The molecule has 1 rings (SSSR count). The molecule has 0 aromatic carbocycles. The van der Waals surface area contributed by atoms with E-state index in [1.165, 1.54) is 17.4 Å². The van der Waals surface area contributed by atoms with Crippen molar-refractivity contribution in [3.8, 4) is 12.3 Å². The first-order valence-electron chi connectivity index (χ1n) is 3.22. The number of halogens is 3. The van der Waals surface area contributed by atoms with Crippen LogP contribution in [0.1, 0.15) is 4.88 Å². The van der Waals surface area contributed by atoms with Crippen molar-refractivity contribution in [1.29, 1.82) is 0 Å². The zero-order valence-electron chi connectivity index (χ0n) is 6.30. The summed E-state index contributed by atoms with van der Waals surface area (Å²) in [5, 5.41) is 10.6. The minimum Gasteiger partial charge on any atom is -0.366 e. The summed E-state index contributed by atoms with van der Waals surface area (Å²) in [6.07, 6.45) is -0.170. The fraction of sp³-hybridized carbons (Fsp3) is 0.250. The molecular formula is C8H5F3OS. The molecule has 1 heterocycles. The highest BCUT2D eigenvalue weighted by Crippen LogP contribution is 2.40. The van der Waals surface area contributed by atoms with Crippen LogP contribution < -0.4 is 0 Å². The molecule has 0 aliphatic rings. The smallest absolute Gasteiger partial charge is 0.366 e. The van der Waals surface area contributed by atoms with Crippen LogP contribution in [0.4, 0.5) is 13.2 Å². The van der Waals surface area contributed by atoms with E-state index in [0.717, 1.165) is 17.4 Å². The maximum Gasteiger partial charge on any atom is 0.434 e. The molecule has 0 spiro atoms. The third-order valence-corrected chi connectivity index (χ3v) is 2.48. The fourth-order valence-electron chi connectivity index (χ4n) is 0.777. The molecule has 0 bridgehead atoms. The molecule has 1 aromatic heterocycles. The zero-order chi connectivity index (χ0) is 10.1. The summed E-state index contributed by atoms with van der Waals surface area (Å²) in [7, 11) is 0. The van der Waals surface area contributed by atoms with Gasteiger partial charge in [0.25, 0.3) is 5.60 Å². The highest BCUT2D eigenvalue weighted by molar-refractivity contribution is 7.10. The van der Waals surface area contributed by atoms with Crippen LogP contribution in [0.25, 0.3) is 0 Å². The largest absolute Gasteiger partial charge is 0.434 e. The van der Waals surface area contributed by atoms with Crippen LogP contribution in [0.15, 0.2) is 17.5 Å². The van der Waals surface area contributed by atoms with Crippen LogP contribution >= 0.6 is 11.3 Å². The Kier molecular flexibility index (Phi) is 2.37. The van der Waals surface area contributed by atoms with E-state index < -0.39 is 11.8 Å². The molecular weight excluding hydrogens is 201 g/mol. The average Bonchev–Trinajstić information content (AvgIpc) is 2.52. The van der Waals surface area contributed by atoms with Gasteiger partial charge in [0.15, 0.2) is 0 Å². The Morgan fingerprint density at radius 2 is 2.08 bits per heavy atom. The molecule has 5 heteroatoms. The lowest BCUT2D eigenvalue weighted by Crippen LogP contribution is -2.40. The van der Waals surface area contributed by atoms with Crippen molar-refractivity contribution in [1.82, 2.24) is 0 Å². The molecule has 0 aliphatic carbocycles. The van der Waals surface area contributed by atoms with Crippen LogP contribution in [-0.4, -0.2) is 11.3 Å². The minimum absolute atomic E-state index is 0.289. The van der Waals surface area contributed by atoms with Crippen LogP contribution in [0, 0.1) is 12.3 Å². The van der Waals surface area contributed by atoms with Crippen LogP contribution in [0.3, 0.4) is 0 Å². The standard InChI is InChI=1S/C8H5F3OS/c1-2-7(12,8(9,10)11)6-4-3-5-13-6/h1,3-5,12H. The van der Waals surface area contributed by atoms with E-state index in [1.807, 2.05) is 0 Å². The third kappa shape index (κ3) is 1.55. The van der Waals surface area contributed by atoms with Gasteiger partial charge in [0.2, 0.25) is 0 Å². The van der Waals surface area contributed by atoms with E-state index in [-0.39, 0.29) is 4.88 Å². The van der Waals surface area contributed by atoms with Gasteiger partial charge in [-0.05, 0) is 11.4 Å². The van der Waals surface area contributed by atoms with Gasteiger partial charge in [-0.3, -0.25) is 0 Å². The van der Waals surface area contributed by atoms with Gasteiger partial charge in [-0.2, -0.15) is 13.2 Å². The van der Waals surface area contributed by atoms with E-state index in [9.17, 15) is 13.2 Å². The second-order valence-electron chi connectivity index (χ2n) is 2.33. The highest BCUT2D eigenvalue weighted by Gasteiger charge is 2.54. The normalized spacial score (nSPS) is 16.2. The first-order chi connectivity index (χ1) is 5.92. The number of hydrogen-bond donors (Lipinski definition) is 1. The Morgan fingerprint density at radius 3 is 2.38 bits per heavy atom. The van der Waals surface area contributed by atoms with Gasteiger partial charge in [0, 0.05) is 0 Å². The Labute approximate surface area is 76.8 Å². The summed E-state index contributed by atoms with van der Waals surface area (Å²) < 4.78 is 36.8. The van der Waals surface area contributed by atoms with E-state index in [4.69, 9.17) is 5.11 Å². The molecule has 1 nitrogen and oxygen atoms in total. The van der Waals surface area contributed by atoms with Gasteiger partial charge in [-0.1, -0.05) is 12.0 Å². The molecule has 1 unspecified atom stereocenters. The first-order valence-corrected chi connectivity index (χ1v) is 4.10. The monoisotopic (exact) mass is 206 g/mol. The maximum absolute atomic E-state index is 12.3. The van der Waals surface area contributed by atoms with Crippen LogP contribution in [0.2, 0.25) is 0 Å². The van der Waals surface area contributed by atoms with Gasteiger partial charge >= 0.3 is 6.18 Å². The zero-order valence-corrected chi connectivity index (χ0v) is 7.12. The molecule has 0 fully saturated rings. The predicted molar refractivity (Wildman–Crippen MR) is 43.1 cm³/mol. The number of terminal acetylenes is 1. The van der Waals surface area contributed by atoms with Crippen molar-refractivity contribution in [2.75, 3.05) is 0 Å². The first kappa shape index (κ1) is 10.1. The second kappa shape index (κ2) is 3.05. The molecule has 0 saturated carbocycles. The second-order valence-corrected chi connectivity index (χ2v) is 3.28. The Morgan fingerprint density at radius 1 is 1.46 bits per heavy atom. The molecule has 0 saturated heterocycles. The maximum atomic E-state index is 12.3. The van der Waals surface area contributed by atoms with Crippen molar-refractivity contribution in [2.45, 2.75) is 11.8 Å². The number of hydrogen-bond acceptors (Lipinski definition) is 2. The van der Waals surface area contributed by atoms with E-state index >= 15 is 0 Å². The molecule has 13 heavy (non-hydrogen) atoms. The van der Waals surface area contributed by atoms with Gasteiger partial charge in [-0.15, -0.1) is 17.8 Å². The van der Waals surface area contributed by atoms with Crippen LogP contribution in [0.5, 0.6) is 0 Å². The molecule has 70 valence electrons. The van der Waals surface area contributed by atoms with Crippen molar-refractivity contribution < 1.29 is 18.3 Å². The Hall–Kier alpha value is -0.990. The Bertz CT molecular complexity index is 322. The molecule has 1 aromatic rings. The summed E-state index contributed by atoms with van der Waals surface area (Å²) in [4.78, 5) is -0.289. The van der Waals surface area contributed by atoms with Gasteiger partial charge in [-0.25, -0.2) is 0 Å². The number of aliphatic hydroxyl groups is 1. The SMILES string of the molecule is C#CC(O)(c1cccs1)C(F)(F)F. The van der Waals surface area contributed by atoms with Gasteiger partial charge in [0.05, 0.1) is 4.88 Å². The lowest BCUT2D eigenvalue weighted by atomic mass is 10.0. The van der Waals surface area contributed by atoms with Crippen molar-refractivity contribution in [3.05, 3.63) is 22.4 Å². The summed E-state index contributed by atoms with van der Waals surface area (Å²) in [5.74, 6) is 1.36. The lowest BCUT2D eigenvalue weighted by Gasteiger charge is -2.23. The van der Waals surface area contributed by atoms with Gasteiger partial charge in [0.1, 0.15) is 0 Å².